The normalized spacial score (nSPS) is 28.8. The SMILES string of the molecule is Cn1cc(-c2ccc(C34CCCN(CC3)C4)cn2)cn1. The largest absolute Gasteiger partial charge is 0.302 e. The summed E-state index contributed by atoms with van der Waals surface area (Å²) >= 11 is 0. The molecule has 0 aromatic carbocycles. The lowest BCUT2D eigenvalue weighted by molar-refractivity contribution is 0.243. The molecule has 2 aliphatic rings. The molecule has 2 saturated heterocycles. The van der Waals surface area contributed by atoms with Gasteiger partial charge in [-0.25, -0.2) is 0 Å². The number of nitrogens with zero attached hydrogens (tertiary/aromatic N) is 4. The first-order chi connectivity index (χ1) is 9.75. The van der Waals surface area contributed by atoms with Gasteiger partial charge in [-0.1, -0.05) is 6.07 Å². The van der Waals surface area contributed by atoms with Gasteiger partial charge >= 0.3 is 0 Å². The van der Waals surface area contributed by atoms with Gasteiger partial charge in [0.2, 0.25) is 0 Å². The van der Waals surface area contributed by atoms with Gasteiger partial charge < -0.3 is 4.90 Å². The van der Waals surface area contributed by atoms with E-state index < -0.39 is 0 Å². The van der Waals surface area contributed by atoms with Crippen molar-refractivity contribution >= 4 is 0 Å². The van der Waals surface area contributed by atoms with Crippen LogP contribution in [0.25, 0.3) is 11.3 Å². The monoisotopic (exact) mass is 268 g/mol. The van der Waals surface area contributed by atoms with Crippen LogP contribution in [0.1, 0.15) is 24.8 Å². The van der Waals surface area contributed by atoms with Gasteiger partial charge in [0.1, 0.15) is 0 Å². The fraction of sp³-hybridized carbons (Fsp3) is 0.500. The zero-order chi connectivity index (χ0) is 13.6. The molecule has 0 spiro atoms. The summed E-state index contributed by atoms with van der Waals surface area (Å²) < 4.78 is 1.82. The molecule has 4 nitrogen and oxygen atoms in total. The van der Waals surface area contributed by atoms with Crippen LogP contribution in [0.3, 0.4) is 0 Å². The zero-order valence-electron chi connectivity index (χ0n) is 11.9. The number of rotatable bonds is 2. The Hall–Kier alpha value is -1.68. The minimum absolute atomic E-state index is 0.374. The van der Waals surface area contributed by atoms with Crippen LogP contribution in [0.5, 0.6) is 0 Å². The lowest BCUT2D eigenvalue weighted by atomic mass is 9.75. The maximum atomic E-state index is 4.68. The van der Waals surface area contributed by atoms with Crippen molar-refractivity contribution in [2.24, 2.45) is 7.05 Å². The van der Waals surface area contributed by atoms with E-state index in [1.54, 1.807) is 0 Å². The fourth-order valence-corrected chi connectivity index (χ4v) is 3.81. The molecule has 20 heavy (non-hydrogen) atoms. The summed E-state index contributed by atoms with van der Waals surface area (Å²) in [6.07, 6.45) is 9.91. The van der Waals surface area contributed by atoms with Gasteiger partial charge in [0, 0.05) is 37.0 Å². The quantitative estimate of drug-likeness (QED) is 0.837. The predicted octanol–water partition coefficient (Wildman–Crippen LogP) is 2.22. The summed E-state index contributed by atoms with van der Waals surface area (Å²) in [6.45, 7) is 3.76. The van der Waals surface area contributed by atoms with E-state index in [9.17, 15) is 0 Å². The third-order valence-corrected chi connectivity index (χ3v) is 4.94. The van der Waals surface area contributed by atoms with Gasteiger partial charge in [-0.15, -0.1) is 0 Å². The van der Waals surface area contributed by atoms with Crippen molar-refractivity contribution in [3.63, 3.8) is 0 Å². The van der Waals surface area contributed by atoms with E-state index in [2.05, 4.69) is 33.3 Å². The highest BCUT2D eigenvalue weighted by atomic mass is 15.2. The fourth-order valence-electron chi connectivity index (χ4n) is 3.81. The number of pyridine rings is 1. The van der Waals surface area contributed by atoms with Crippen molar-refractivity contribution in [2.75, 3.05) is 19.6 Å². The Kier molecular flexibility index (Phi) is 2.67. The molecule has 2 fully saturated rings. The maximum Gasteiger partial charge on any atom is 0.0733 e. The lowest BCUT2D eigenvalue weighted by Crippen LogP contribution is -2.36. The Morgan fingerprint density at radius 1 is 1.15 bits per heavy atom. The Balaban J connectivity index is 1.64. The van der Waals surface area contributed by atoms with Crippen molar-refractivity contribution < 1.29 is 0 Å². The third kappa shape index (κ3) is 1.86. The highest BCUT2D eigenvalue weighted by Gasteiger charge is 2.42. The Bertz CT molecular complexity index is 612. The van der Waals surface area contributed by atoms with Gasteiger partial charge in [-0.2, -0.15) is 5.10 Å². The van der Waals surface area contributed by atoms with Crippen LogP contribution in [0, 0.1) is 0 Å². The molecule has 2 aliphatic heterocycles. The minimum Gasteiger partial charge on any atom is -0.302 e. The lowest BCUT2D eigenvalue weighted by Gasteiger charge is -2.34. The van der Waals surface area contributed by atoms with Crippen LogP contribution in [0.4, 0.5) is 0 Å². The van der Waals surface area contributed by atoms with Crippen molar-refractivity contribution in [2.45, 2.75) is 24.7 Å². The number of piperidine rings is 1. The Morgan fingerprint density at radius 3 is 2.85 bits per heavy atom. The van der Waals surface area contributed by atoms with Gasteiger partial charge in [0.25, 0.3) is 0 Å². The van der Waals surface area contributed by atoms with Gasteiger partial charge in [-0.05, 0) is 44.0 Å². The van der Waals surface area contributed by atoms with Crippen LogP contribution in [0.2, 0.25) is 0 Å². The Labute approximate surface area is 119 Å². The third-order valence-electron chi connectivity index (χ3n) is 4.94. The van der Waals surface area contributed by atoms with Gasteiger partial charge in [0.05, 0.1) is 11.9 Å². The van der Waals surface area contributed by atoms with Crippen LogP contribution in [0.15, 0.2) is 30.7 Å². The van der Waals surface area contributed by atoms with Crippen molar-refractivity contribution in [3.05, 3.63) is 36.3 Å². The summed E-state index contributed by atoms with van der Waals surface area (Å²) in [5.74, 6) is 0. The van der Waals surface area contributed by atoms with E-state index >= 15 is 0 Å². The van der Waals surface area contributed by atoms with Crippen LogP contribution >= 0.6 is 0 Å². The van der Waals surface area contributed by atoms with E-state index in [1.165, 1.54) is 44.5 Å². The van der Waals surface area contributed by atoms with Gasteiger partial charge in [-0.3, -0.25) is 9.67 Å². The van der Waals surface area contributed by atoms with E-state index in [0.717, 1.165) is 11.3 Å². The molecule has 2 unspecified atom stereocenters. The van der Waals surface area contributed by atoms with Crippen molar-refractivity contribution in [1.82, 2.24) is 19.7 Å². The summed E-state index contributed by atoms with van der Waals surface area (Å²) in [5.41, 5.74) is 3.91. The zero-order valence-corrected chi connectivity index (χ0v) is 11.9. The van der Waals surface area contributed by atoms with Gasteiger partial charge in [0.15, 0.2) is 0 Å². The molecule has 4 heterocycles. The molecule has 4 rings (SSSR count). The van der Waals surface area contributed by atoms with E-state index in [-0.39, 0.29) is 0 Å². The topological polar surface area (TPSA) is 34.0 Å². The second-order valence-corrected chi connectivity index (χ2v) is 6.24. The summed E-state index contributed by atoms with van der Waals surface area (Å²) in [5, 5.41) is 4.21. The smallest absolute Gasteiger partial charge is 0.0733 e. The van der Waals surface area contributed by atoms with Crippen molar-refractivity contribution in [3.8, 4) is 11.3 Å². The molecule has 2 atom stereocenters. The molecule has 104 valence electrons. The number of hydrogen-bond acceptors (Lipinski definition) is 3. The van der Waals surface area contributed by atoms with Crippen LogP contribution < -0.4 is 0 Å². The molecule has 0 amide bonds. The van der Waals surface area contributed by atoms with E-state index in [0.29, 0.717) is 5.41 Å². The molecular formula is C16H20N4. The van der Waals surface area contributed by atoms with Crippen LogP contribution in [-0.4, -0.2) is 39.3 Å². The highest BCUT2D eigenvalue weighted by Crippen LogP contribution is 2.41. The number of fused-ring (bicyclic) bond motifs is 2. The summed E-state index contributed by atoms with van der Waals surface area (Å²) in [4.78, 5) is 7.27. The highest BCUT2D eigenvalue weighted by molar-refractivity contribution is 5.57. The second kappa shape index (κ2) is 4.42. The molecule has 0 N–H and O–H groups in total. The molecule has 0 aliphatic carbocycles. The first-order valence-corrected chi connectivity index (χ1v) is 7.43. The van der Waals surface area contributed by atoms with E-state index in [4.69, 9.17) is 0 Å². The average molecular weight is 268 g/mol. The second-order valence-electron chi connectivity index (χ2n) is 6.24. The number of aromatic nitrogens is 3. The Morgan fingerprint density at radius 2 is 2.10 bits per heavy atom. The summed E-state index contributed by atoms with van der Waals surface area (Å²) in [7, 11) is 1.94. The average Bonchev–Trinajstić information content (AvgIpc) is 3.04. The first-order valence-electron chi connectivity index (χ1n) is 7.43. The molecule has 2 bridgehead atoms. The van der Waals surface area contributed by atoms with Crippen molar-refractivity contribution in [1.29, 1.82) is 0 Å². The summed E-state index contributed by atoms with van der Waals surface area (Å²) in [6, 6.07) is 4.43. The predicted molar refractivity (Wildman–Crippen MR) is 78.4 cm³/mol. The molecular weight excluding hydrogens is 248 g/mol. The van der Waals surface area contributed by atoms with Crippen LogP contribution in [-0.2, 0) is 12.5 Å². The standard InChI is InChI=1S/C16H20N4/c1-19-11-13(9-18-19)15-4-3-14(10-17-15)16-5-2-7-20(12-16)8-6-16/h3-4,9-11H,2,5-8,12H2,1H3. The molecule has 2 aromatic heterocycles. The molecule has 4 heteroatoms. The number of hydrogen-bond donors (Lipinski definition) is 0. The first kappa shape index (κ1) is 12.1. The van der Waals surface area contributed by atoms with E-state index in [1.807, 2.05) is 24.1 Å². The molecule has 2 aromatic rings. The minimum atomic E-state index is 0.374. The maximum absolute atomic E-state index is 4.68. The number of aryl methyl sites for hydroxylation is 1. The molecule has 0 radical (unpaired) electrons. The molecule has 0 saturated carbocycles.